The number of benzene rings is 3. The highest BCUT2D eigenvalue weighted by Crippen LogP contribution is 2.41. The van der Waals surface area contributed by atoms with Crippen LogP contribution in [0.25, 0.3) is 10.4 Å². The summed E-state index contributed by atoms with van der Waals surface area (Å²) in [5, 5.41) is 27.1. The number of aliphatic hydroxyl groups excluding tert-OH is 2. The van der Waals surface area contributed by atoms with E-state index in [2.05, 4.69) is 10.0 Å². The lowest BCUT2D eigenvalue weighted by atomic mass is 9.81. The molecule has 13 heteroatoms. The summed E-state index contributed by atoms with van der Waals surface area (Å²) in [5.41, 5.74) is 10.3. The smallest absolute Gasteiger partial charge is 0.410 e. The summed E-state index contributed by atoms with van der Waals surface area (Å²) >= 11 is 0. The highest BCUT2D eigenvalue weighted by atomic mass is 28.3. The van der Waals surface area contributed by atoms with Crippen molar-refractivity contribution < 1.29 is 38.7 Å². The van der Waals surface area contributed by atoms with Crippen LogP contribution in [0.4, 0.5) is 4.79 Å². The van der Waals surface area contributed by atoms with Gasteiger partial charge in [-0.1, -0.05) is 130 Å². The minimum absolute atomic E-state index is 0.0552. The molecule has 1 saturated heterocycles. The highest BCUT2D eigenvalue weighted by molar-refractivity contribution is 6.59. The van der Waals surface area contributed by atoms with E-state index in [9.17, 15) is 20.5 Å². The minimum Gasteiger partial charge on any atom is -0.445 e. The van der Waals surface area contributed by atoms with Gasteiger partial charge in [-0.15, -0.1) is 0 Å². The standard InChI is InChI=1S/C38H52N4O8Si/c1-37(2,3)35(44)33-31(43)32(47-26-29-17-11-7-12-18-29)34(40-41-39)38(50-33,51(4)5)49-24-23-46-22-21-42(25-28-15-9-6-10-16-28)36(45)48-27-30-19-13-8-14-20-30/h6-20,31-35,43-44,51H,21-27H2,1-5H3/t31-,32-,33-,34+,35?,38+/m0/s1. The maximum absolute atomic E-state index is 13.1. The Morgan fingerprint density at radius 3 is 2.06 bits per heavy atom. The molecule has 6 atom stereocenters. The Labute approximate surface area is 302 Å². The van der Waals surface area contributed by atoms with Crippen molar-refractivity contribution in [1.29, 1.82) is 0 Å². The van der Waals surface area contributed by atoms with Crippen molar-refractivity contribution in [3.05, 3.63) is 118 Å². The molecule has 276 valence electrons. The number of ether oxygens (including phenoxy) is 5. The number of rotatable bonds is 17. The Morgan fingerprint density at radius 1 is 0.941 bits per heavy atom. The average molecular weight is 721 g/mol. The third kappa shape index (κ3) is 11.1. The molecule has 1 aliphatic heterocycles. The van der Waals surface area contributed by atoms with Gasteiger partial charge in [0, 0.05) is 18.0 Å². The first kappa shape index (κ1) is 40.0. The van der Waals surface area contributed by atoms with Crippen LogP contribution in [0.15, 0.2) is 96.1 Å². The van der Waals surface area contributed by atoms with Crippen LogP contribution in [-0.2, 0) is 43.4 Å². The van der Waals surface area contributed by atoms with Gasteiger partial charge in [-0.2, -0.15) is 0 Å². The van der Waals surface area contributed by atoms with Crippen LogP contribution < -0.4 is 0 Å². The Morgan fingerprint density at radius 2 is 1.51 bits per heavy atom. The summed E-state index contributed by atoms with van der Waals surface area (Å²) in [6, 6.07) is 27.6. The number of carbonyl (C=O) groups is 1. The van der Waals surface area contributed by atoms with Gasteiger partial charge in [0.15, 0.2) is 5.41 Å². The van der Waals surface area contributed by atoms with Gasteiger partial charge >= 0.3 is 6.09 Å². The van der Waals surface area contributed by atoms with Crippen LogP contribution in [-0.4, -0.2) is 92.2 Å². The van der Waals surface area contributed by atoms with Gasteiger partial charge in [-0.3, -0.25) is 0 Å². The number of aliphatic hydroxyl groups is 2. The fourth-order valence-corrected chi connectivity index (χ4v) is 7.83. The molecule has 0 radical (unpaired) electrons. The normalized spacial score (nSPS) is 22.6. The van der Waals surface area contributed by atoms with Gasteiger partial charge in [0.1, 0.15) is 33.7 Å². The van der Waals surface area contributed by atoms with E-state index in [1.807, 2.05) is 125 Å². The number of carbonyl (C=O) groups excluding carboxylic acids is 1. The van der Waals surface area contributed by atoms with E-state index in [1.165, 1.54) is 0 Å². The lowest BCUT2D eigenvalue weighted by Gasteiger charge is -2.54. The Hall–Kier alpha value is -3.78. The molecule has 0 saturated carbocycles. The van der Waals surface area contributed by atoms with E-state index in [0.29, 0.717) is 6.54 Å². The van der Waals surface area contributed by atoms with Crippen molar-refractivity contribution in [3.63, 3.8) is 0 Å². The fourth-order valence-electron chi connectivity index (χ4n) is 6.01. The lowest BCUT2D eigenvalue weighted by Crippen LogP contribution is -2.72. The van der Waals surface area contributed by atoms with Gasteiger partial charge in [0.05, 0.1) is 38.6 Å². The molecule has 0 bridgehead atoms. The van der Waals surface area contributed by atoms with E-state index in [0.717, 1.165) is 16.7 Å². The maximum Gasteiger partial charge on any atom is 0.410 e. The van der Waals surface area contributed by atoms with Gasteiger partial charge in [-0.05, 0) is 27.6 Å². The molecule has 3 aromatic carbocycles. The quantitative estimate of drug-likeness (QED) is 0.0565. The first-order valence-corrected chi connectivity index (χ1v) is 20.3. The molecular formula is C38H52N4O8Si. The van der Waals surface area contributed by atoms with Crippen LogP contribution in [0.2, 0.25) is 13.1 Å². The predicted octanol–water partition coefficient (Wildman–Crippen LogP) is 6.01. The zero-order chi connectivity index (χ0) is 36.9. The molecule has 0 aliphatic carbocycles. The fraction of sp³-hybridized carbons (Fsp3) is 0.500. The molecule has 2 N–H and O–H groups in total. The zero-order valence-electron chi connectivity index (χ0n) is 30.2. The second-order valence-corrected chi connectivity index (χ2v) is 17.2. The highest BCUT2D eigenvalue weighted by Gasteiger charge is 2.59. The van der Waals surface area contributed by atoms with E-state index >= 15 is 0 Å². The van der Waals surface area contributed by atoms with Crippen molar-refractivity contribution in [2.45, 2.75) is 89.5 Å². The topological polar surface area (TPSA) is 156 Å². The van der Waals surface area contributed by atoms with Crippen LogP contribution in [0, 0.1) is 5.41 Å². The Bertz CT molecular complexity index is 1530. The van der Waals surface area contributed by atoms with Crippen LogP contribution in [0.1, 0.15) is 37.5 Å². The Balaban J connectivity index is 1.45. The summed E-state index contributed by atoms with van der Waals surface area (Å²) in [5.74, 6) is 0. The molecule has 0 aromatic heterocycles. The van der Waals surface area contributed by atoms with E-state index in [4.69, 9.17) is 23.7 Å². The van der Waals surface area contributed by atoms with Crippen molar-refractivity contribution in [2.75, 3.05) is 26.4 Å². The molecule has 1 amide bonds. The largest absolute Gasteiger partial charge is 0.445 e. The second kappa shape index (κ2) is 19.2. The van der Waals surface area contributed by atoms with Crippen molar-refractivity contribution in [3.8, 4) is 0 Å². The van der Waals surface area contributed by atoms with Crippen LogP contribution in [0.3, 0.4) is 0 Å². The molecule has 3 aromatic rings. The van der Waals surface area contributed by atoms with Crippen molar-refractivity contribution >= 4 is 14.9 Å². The van der Waals surface area contributed by atoms with Crippen molar-refractivity contribution in [1.82, 2.24) is 4.90 Å². The first-order chi connectivity index (χ1) is 24.5. The van der Waals surface area contributed by atoms with Crippen molar-refractivity contribution in [2.24, 2.45) is 10.5 Å². The maximum atomic E-state index is 13.1. The van der Waals surface area contributed by atoms with Crippen LogP contribution in [0.5, 0.6) is 0 Å². The monoisotopic (exact) mass is 720 g/mol. The number of hydrogen-bond acceptors (Lipinski definition) is 9. The predicted molar refractivity (Wildman–Crippen MR) is 196 cm³/mol. The van der Waals surface area contributed by atoms with Gasteiger partial charge in [0.2, 0.25) is 0 Å². The molecule has 51 heavy (non-hydrogen) atoms. The molecule has 4 rings (SSSR count). The van der Waals surface area contributed by atoms with E-state index < -0.39 is 56.2 Å². The average Bonchev–Trinajstić information content (AvgIpc) is 3.12. The summed E-state index contributed by atoms with van der Waals surface area (Å²) in [6.07, 6.45) is -4.96. The third-order valence-electron chi connectivity index (χ3n) is 8.92. The van der Waals surface area contributed by atoms with E-state index in [-0.39, 0.29) is 39.6 Å². The lowest BCUT2D eigenvalue weighted by molar-refractivity contribution is -0.317. The van der Waals surface area contributed by atoms with Gasteiger partial charge in [-0.25, -0.2) is 4.79 Å². The Kier molecular flexibility index (Phi) is 15.0. The summed E-state index contributed by atoms with van der Waals surface area (Å²) in [4.78, 5) is 17.8. The number of azide groups is 1. The number of hydrogen-bond donors (Lipinski definition) is 2. The van der Waals surface area contributed by atoms with E-state index in [1.54, 1.807) is 4.90 Å². The first-order valence-electron chi connectivity index (χ1n) is 17.4. The second-order valence-electron chi connectivity index (χ2n) is 14.1. The number of amides is 1. The number of nitrogens with zero attached hydrogens (tertiary/aromatic N) is 4. The summed E-state index contributed by atoms with van der Waals surface area (Å²) < 4.78 is 30.9. The summed E-state index contributed by atoms with van der Waals surface area (Å²) in [6.45, 7) is 10.9. The summed E-state index contributed by atoms with van der Waals surface area (Å²) in [7, 11) is -2.07. The SMILES string of the molecule is C[SiH](C)[C@]1(OCCOCCN(Cc2ccccc2)C(=O)OCc2ccccc2)O[C@H](C(O)C(C)(C)C)[C@@H](O)[C@H](OCc2ccccc2)[C@H]1N=[N+]=[N-]. The van der Waals surface area contributed by atoms with Gasteiger partial charge < -0.3 is 38.8 Å². The minimum atomic E-state index is -2.07. The van der Waals surface area contributed by atoms with Gasteiger partial charge in [0.25, 0.3) is 0 Å². The molecule has 1 fully saturated rings. The molecule has 0 spiro atoms. The van der Waals surface area contributed by atoms with Crippen LogP contribution >= 0.6 is 0 Å². The molecule has 1 aliphatic rings. The zero-order valence-corrected chi connectivity index (χ0v) is 31.4. The molecular weight excluding hydrogens is 669 g/mol. The molecule has 12 nitrogen and oxygen atoms in total. The molecule has 1 heterocycles. The third-order valence-corrected chi connectivity index (χ3v) is 11.2. The molecule has 1 unspecified atom stereocenters.